The number of hydrogen-bond donors (Lipinski definition) is 2. The van der Waals surface area contributed by atoms with Crippen molar-refractivity contribution in [1.29, 1.82) is 0 Å². The highest BCUT2D eigenvalue weighted by molar-refractivity contribution is 5.71. The number of nitrogens with zero attached hydrogens (tertiary/aromatic N) is 3. The van der Waals surface area contributed by atoms with Crippen molar-refractivity contribution < 1.29 is 85.7 Å². The van der Waals surface area contributed by atoms with Crippen LogP contribution in [-0.4, -0.2) is 230 Å². The third-order valence-electron chi connectivity index (χ3n) is 10.8. The van der Waals surface area contributed by atoms with Gasteiger partial charge in [-0.3, -0.25) is 38.7 Å². The summed E-state index contributed by atoms with van der Waals surface area (Å²) in [6.07, 6.45) is 8.21. The Bertz CT molecular complexity index is 1310. The summed E-state index contributed by atoms with van der Waals surface area (Å²) in [6.45, 7) is 9.66. The molecule has 0 aliphatic carbocycles. The fourth-order valence-electron chi connectivity index (χ4n) is 6.64. The van der Waals surface area contributed by atoms with E-state index in [0.29, 0.717) is 111 Å². The van der Waals surface area contributed by atoms with Crippen LogP contribution in [0.25, 0.3) is 0 Å². The number of carbonyl (C=O) groups excluding carboxylic acids is 7. The van der Waals surface area contributed by atoms with Gasteiger partial charge in [0.05, 0.1) is 52.3 Å². The van der Waals surface area contributed by atoms with Gasteiger partial charge in [0.25, 0.3) is 0 Å². The monoisotopic (exact) mass is 1040 g/mol. The average Bonchev–Trinajstić information content (AvgIpc) is 3.36. The van der Waals surface area contributed by atoms with E-state index in [1.54, 1.807) is 21.1 Å². The molecule has 0 aliphatic rings. The van der Waals surface area contributed by atoms with Crippen LogP contribution < -0.4 is 10.6 Å². The second kappa shape index (κ2) is 50.2. The van der Waals surface area contributed by atoms with E-state index in [4.69, 9.17) is 52.1 Å². The molecule has 0 heterocycles. The molecule has 0 radical (unpaired) electrons. The van der Waals surface area contributed by atoms with Gasteiger partial charge in [-0.2, -0.15) is 0 Å². The van der Waals surface area contributed by atoms with E-state index in [-0.39, 0.29) is 108 Å². The largest absolute Gasteiger partial charge is 0.466 e. The highest BCUT2D eigenvalue weighted by atomic mass is 16.6. The quantitative estimate of drug-likeness (QED) is 0.0502. The van der Waals surface area contributed by atoms with E-state index in [1.165, 1.54) is 14.2 Å². The zero-order valence-electron chi connectivity index (χ0n) is 44.4. The number of rotatable bonds is 50. The summed E-state index contributed by atoms with van der Waals surface area (Å²) >= 11 is 0. The highest BCUT2D eigenvalue weighted by Crippen LogP contribution is 2.08. The summed E-state index contributed by atoms with van der Waals surface area (Å²) in [4.78, 5) is 90.8. The van der Waals surface area contributed by atoms with Gasteiger partial charge in [0.1, 0.15) is 39.6 Å². The molecule has 0 aromatic rings. The summed E-state index contributed by atoms with van der Waals surface area (Å²) in [6, 6.07) is 0. The fourth-order valence-corrected chi connectivity index (χ4v) is 6.64. The van der Waals surface area contributed by atoms with E-state index >= 15 is 0 Å². The molecule has 0 saturated heterocycles. The molecule has 0 atom stereocenters. The Morgan fingerprint density at radius 2 is 0.597 bits per heavy atom. The lowest BCUT2D eigenvalue weighted by Gasteiger charge is -2.21. The Labute approximate surface area is 428 Å². The molecule has 0 rings (SSSR count). The van der Waals surface area contributed by atoms with Crippen LogP contribution in [0.3, 0.4) is 0 Å². The van der Waals surface area contributed by atoms with Crippen molar-refractivity contribution in [3.8, 4) is 0 Å². The van der Waals surface area contributed by atoms with Crippen LogP contribution in [0.4, 0.5) is 9.59 Å². The number of esters is 5. The van der Waals surface area contributed by atoms with Gasteiger partial charge in [0.15, 0.2) is 0 Å². The molecule has 0 aliphatic heterocycles. The van der Waals surface area contributed by atoms with Gasteiger partial charge in [0, 0.05) is 113 Å². The number of nitrogens with one attached hydrogen (secondary N) is 2. The summed E-state index contributed by atoms with van der Waals surface area (Å²) < 4.78 is 56.8. The van der Waals surface area contributed by atoms with Crippen LogP contribution in [0.1, 0.15) is 103 Å². The Morgan fingerprint density at radius 3 is 0.958 bits per heavy atom. The van der Waals surface area contributed by atoms with Gasteiger partial charge in [-0.25, -0.2) is 9.59 Å². The molecule has 0 saturated carbocycles. The maximum absolute atomic E-state index is 12.4. The third-order valence-corrected chi connectivity index (χ3v) is 10.8. The van der Waals surface area contributed by atoms with E-state index in [1.807, 2.05) is 14.7 Å². The zero-order valence-corrected chi connectivity index (χ0v) is 44.4. The van der Waals surface area contributed by atoms with Gasteiger partial charge >= 0.3 is 42.0 Å². The molecular weight excluding hydrogens is 947 g/mol. The predicted octanol–water partition coefficient (Wildman–Crippen LogP) is 3.52. The number of amides is 2. The van der Waals surface area contributed by atoms with Crippen LogP contribution in [0.2, 0.25) is 0 Å². The first kappa shape index (κ1) is 67.6. The predicted molar refractivity (Wildman–Crippen MR) is 265 cm³/mol. The minimum atomic E-state index is -0.502. The van der Waals surface area contributed by atoms with Crippen LogP contribution >= 0.6 is 0 Å². The Kier molecular flexibility index (Phi) is 47.1. The van der Waals surface area contributed by atoms with Gasteiger partial charge in [-0.05, 0) is 32.6 Å². The first-order chi connectivity index (χ1) is 35.0. The Hall–Kier alpha value is -4.39. The van der Waals surface area contributed by atoms with Crippen LogP contribution in [0, 0.1) is 0 Å². The van der Waals surface area contributed by atoms with E-state index in [9.17, 15) is 33.6 Å². The molecular formula is C49H91N5O18. The van der Waals surface area contributed by atoms with Gasteiger partial charge < -0.3 is 62.7 Å². The molecule has 0 aromatic heterocycles. The zero-order chi connectivity index (χ0) is 53.1. The topological polar surface area (TPSA) is 255 Å². The second-order valence-electron chi connectivity index (χ2n) is 16.6. The average molecular weight is 1040 g/mol. The van der Waals surface area contributed by atoms with Crippen molar-refractivity contribution in [2.24, 2.45) is 0 Å². The molecule has 420 valence electrons. The summed E-state index contributed by atoms with van der Waals surface area (Å²) in [5.74, 6) is -1.59. The molecule has 2 amide bonds. The number of unbranched alkanes of at least 4 members (excludes halogenated alkanes) is 8. The molecule has 2 N–H and O–H groups in total. The lowest BCUT2D eigenvalue weighted by Crippen LogP contribution is -2.35. The molecule has 0 fully saturated rings. The summed E-state index contributed by atoms with van der Waals surface area (Å²) in [5.41, 5.74) is 0. The Balaban J connectivity index is 4.20. The van der Waals surface area contributed by atoms with Crippen molar-refractivity contribution >= 4 is 42.0 Å². The van der Waals surface area contributed by atoms with Crippen LogP contribution in [0.5, 0.6) is 0 Å². The summed E-state index contributed by atoms with van der Waals surface area (Å²) in [7, 11) is 6.27. The standard InChI is InChI=1S/C49H91N5O18/c1-6-66-45(57)19-24-54(29-35-67-43(55)17-13-9-7-11-15-22-50-48(60)71-37-31-52(27-33-62-2)25-20-46(58)69-41-39-64-4)30-36-68-44(56)18-14-10-8-12-16-23-51-49(61)72-38-32-53(28-34-63-3)26-21-47(59)70-42-40-65-5/h6-42H2,1-5H3,(H,50,60)(H,51,61). The Morgan fingerprint density at radius 1 is 0.306 bits per heavy atom. The van der Waals surface area contributed by atoms with Crippen LogP contribution in [-0.2, 0) is 76.1 Å². The number of hydrogen-bond acceptors (Lipinski definition) is 21. The minimum Gasteiger partial charge on any atom is -0.466 e. The van der Waals surface area contributed by atoms with E-state index < -0.39 is 12.2 Å². The molecule has 0 bridgehead atoms. The lowest BCUT2D eigenvalue weighted by atomic mass is 10.1. The number of ether oxygens (including phenoxy) is 11. The third kappa shape index (κ3) is 45.5. The second-order valence-corrected chi connectivity index (χ2v) is 16.6. The van der Waals surface area contributed by atoms with Gasteiger partial charge in [-0.1, -0.05) is 38.5 Å². The van der Waals surface area contributed by atoms with E-state index in [2.05, 4.69) is 10.6 Å². The van der Waals surface area contributed by atoms with Crippen LogP contribution in [0.15, 0.2) is 0 Å². The van der Waals surface area contributed by atoms with Gasteiger partial charge in [-0.15, -0.1) is 0 Å². The van der Waals surface area contributed by atoms with Crippen molar-refractivity contribution in [3.05, 3.63) is 0 Å². The molecule has 0 aromatic carbocycles. The molecule has 72 heavy (non-hydrogen) atoms. The maximum Gasteiger partial charge on any atom is 0.407 e. The summed E-state index contributed by atoms with van der Waals surface area (Å²) in [5, 5.41) is 5.51. The first-order valence-electron chi connectivity index (χ1n) is 25.7. The lowest BCUT2D eigenvalue weighted by molar-refractivity contribution is -0.147. The number of carbonyl (C=O) groups is 7. The minimum absolute atomic E-state index is 0.133. The van der Waals surface area contributed by atoms with Gasteiger partial charge in [0.2, 0.25) is 0 Å². The molecule has 23 nitrogen and oxygen atoms in total. The molecule has 0 unspecified atom stereocenters. The molecule has 0 spiro atoms. The van der Waals surface area contributed by atoms with Crippen molar-refractivity contribution in [1.82, 2.24) is 25.3 Å². The number of alkyl carbamates (subject to hydrolysis) is 2. The van der Waals surface area contributed by atoms with Crippen molar-refractivity contribution in [2.75, 3.05) is 173 Å². The first-order valence-corrected chi connectivity index (χ1v) is 25.7. The fraction of sp³-hybridized carbons (Fsp3) is 0.857. The van der Waals surface area contributed by atoms with E-state index in [0.717, 1.165) is 51.4 Å². The SMILES string of the molecule is CCOC(=O)CCN(CCOC(=O)CCCCCCCNC(=O)OCCN(CCOC)CCC(=O)OCCOC)CCOC(=O)CCCCCCCNC(=O)OCCN(CCOC)CCC(=O)OCCOC. The smallest absolute Gasteiger partial charge is 0.407 e. The van der Waals surface area contributed by atoms with Crippen molar-refractivity contribution in [3.63, 3.8) is 0 Å². The number of methoxy groups -OCH3 is 4. The highest BCUT2D eigenvalue weighted by Gasteiger charge is 2.15. The molecule has 23 heteroatoms. The maximum atomic E-state index is 12.4. The normalized spacial score (nSPS) is 11.1. The van der Waals surface area contributed by atoms with Crippen molar-refractivity contribution in [2.45, 2.75) is 103 Å².